The van der Waals surface area contributed by atoms with Crippen LogP contribution in [0.2, 0.25) is 0 Å². The average Bonchev–Trinajstić information content (AvgIpc) is 3.31. The molecule has 2 saturated heterocycles. The van der Waals surface area contributed by atoms with Crippen LogP contribution < -0.4 is 4.74 Å². The highest BCUT2D eigenvalue weighted by molar-refractivity contribution is 7.89. The number of nitrogens with zero attached hydrogens (tertiary/aromatic N) is 2. The lowest BCUT2D eigenvalue weighted by Gasteiger charge is -2.34. The molecule has 2 aromatic rings. The minimum absolute atomic E-state index is 0.0112. The first-order valence-corrected chi connectivity index (χ1v) is 12.7. The Morgan fingerprint density at radius 1 is 1.00 bits per heavy atom. The largest absolute Gasteiger partial charge is 0.494 e. The molecule has 6 nitrogen and oxygen atoms in total. The number of sulfonamides is 1. The topological polar surface area (TPSA) is 66.9 Å². The molecule has 0 radical (unpaired) electrons. The first-order chi connectivity index (χ1) is 15.8. The molecule has 0 aliphatic carbocycles. The molecule has 178 valence electrons. The summed E-state index contributed by atoms with van der Waals surface area (Å²) in [7, 11) is -3.94. The smallest absolute Gasteiger partial charge is 0.243 e. The Labute approximate surface area is 193 Å². The van der Waals surface area contributed by atoms with Crippen LogP contribution >= 0.6 is 0 Å². The van der Waals surface area contributed by atoms with Gasteiger partial charge in [0, 0.05) is 25.6 Å². The van der Waals surface area contributed by atoms with Crippen LogP contribution in [0.3, 0.4) is 0 Å². The van der Waals surface area contributed by atoms with Crippen molar-refractivity contribution in [2.75, 3.05) is 26.2 Å². The number of piperidine rings is 1. The van der Waals surface area contributed by atoms with Crippen molar-refractivity contribution in [3.05, 3.63) is 59.7 Å². The van der Waals surface area contributed by atoms with Crippen molar-refractivity contribution in [1.82, 2.24) is 9.21 Å². The van der Waals surface area contributed by atoms with E-state index in [1.54, 1.807) is 0 Å². The van der Waals surface area contributed by atoms with Gasteiger partial charge >= 0.3 is 0 Å². The molecule has 0 aromatic heterocycles. The first-order valence-electron chi connectivity index (χ1n) is 11.3. The van der Waals surface area contributed by atoms with Gasteiger partial charge in [-0.25, -0.2) is 17.2 Å². The van der Waals surface area contributed by atoms with Gasteiger partial charge in [0.2, 0.25) is 15.9 Å². The van der Waals surface area contributed by atoms with E-state index < -0.39 is 21.7 Å². The molecule has 1 atom stereocenters. The zero-order chi connectivity index (χ0) is 23.6. The Kier molecular flexibility index (Phi) is 6.99. The zero-order valence-corrected chi connectivity index (χ0v) is 19.4. The van der Waals surface area contributed by atoms with E-state index >= 15 is 0 Å². The molecular formula is C24H28F2N2O4S. The maximum atomic E-state index is 13.5. The van der Waals surface area contributed by atoms with E-state index in [4.69, 9.17) is 4.74 Å². The molecule has 0 saturated carbocycles. The van der Waals surface area contributed by atoms with E-state index in [0.717, 1.165) is 36.3 Å². The van der Waals surface area contributed by atoms with Crippen molar-refractivity contribution in [1.29, 1.82) is 0 Å². The summed E-state index contributed by atoms with van der Waals surface area (Å²) in [5.74, 6) is -1.70. The van der Waals surface area contributed by atoms with Gasteiger partial charge in [0.15, 0.2) is 11.6 Å². The quantitative estimate of drug-likeness (QED) is 0.626. The van der Waals surface area contributed by atoms with Crippen molar-refractivity contribution < 1.29 is 26.7 Å². The number of likely N-dealkylation sites (tertiary alicyclic amines) is 1. The molecule has 0 N–H and O–H groups in total. The van der Waals surface area contributed by atoms with Gasteiger partial charge in [-0.05, 0) is 68.5 Å². The Morgan fingerprint density at radius 2 is 1.70 bits per heavy atom. The summed E-state index contributed by atoms with van der Waals surface area (Å²) in [5, 5.41) is 0. The fourth-order valence-electron chi connectivity index (χ4n) is 4.69. The molecular weight excluding hydrogens is 450 g/mol. The summed E-state index contributed by atoms with van der Waals surface area (Å²) in [6.45, 7) is 3.54. The molecule has 0 bridgehead atoms. The lowest BCUT2D eigenvalue weighted by atomic mass is 9.95. The molecule has 2 aliphatic rings. The highest BCUT2D eigenvalue weighted by atomic mass is 32.2. The molecule has 0 spiro atoms. The van der Waals surface area contributed by atoms with Gasteiger partial charge in [-0.2, -0.15) is 4.31 Å². The molecule has 2 fully saturated rings. The predicted octanol–water partition coefficient (Wildman–Crippen LogP) is 4.13. The Morgan fingerprint density at radius 3 is 2.33 bits per heavy atom. The fourth-order valence-corrected chi connectivity index (χ4v) is 6.18. The van der Waals surface area contributed by atoms with Crippen LogP contribution in [0.25, 0.3) is 0 Å². The van der Waals surface area contributed by atoms with Crippen LogP contribution in [0.5, 0.6) is 5.75 Å². The van der Waals surface area contributed by atoms with Crippen molar-refractivity contribution in [2.45, 2.75) is 43.5 Å². The van der Waals surface area contributed by atoms with E-state index in [2.05, 4.69) is 0 Å². The predicted molar refractivity (Wildman–Crippen MR) is 119 cm³/mol. The minimum atomic E-state index is -3.94. The number of hydrogen-bond acceptors (Lipinski definition) is 4. The lowest BCUT2D eigenvalue weighted by Crippen LogP contribution is -2.44. The summed E-state index contributed by atoms with van der Waals surface area (Å²) < 4.78 is 59.1. The standard InChI is InChI=1S/C24H28F2N2O4S/c1-2-32-19-7-5-17(6-8-19)23-4-3-13-28(23)24(29)18-11-14-27(15-12-18)33(30,31)20-9-10-21(25)22(26)16-20/h5-10,16,18,23H,2-4,11-15H2,1H3. The number of rotatable bonds is 6. The van der Waals surface area contributed by atoms with E-state index in [1.165, 1.54) is 4.31 Å². The van der Waals surface area contributed by atoms with Gasteiger partial charge in [-0.1, -0.05) is 12.1 Å². The monoisotopic (exact) mass is 478 g/mol. The van der Waals surface area contributed by atoms with Crippen molar-refractivity contribution in [3.8, 4) is 5.75 Å². The third-order valence-electron chi connectivity index (χ3n) is 6.44. The van der Waals surface area contributed by atoms with Gasteiger partial charge in [0.1, 0.15) is 5.75 Å². The van der Waals surface area contributed by atoms with Gasteiger partial charge in [0.25, 0.3) is 0 Å². The molecule has 33 heavy (non-hydrogen) atoms. The summed E-state index contributed by atoms with van der Waals surface area (Å²) in [5.41, 5.74) is 1.07. The maximum absolute atomic E-state index is 13.5. The summed E-state index contributed by atoms with van der Waals surface area (Å²) >= 11 is 0. The number of halogens is 2. The molecule has 1 unspecified atom stereocenters. The molecule has 2 aliphatic heterocycles. The third-order valence-corrected chi connectivity index (χ3v) is 8.34. The molecule has 2 heterocycles. The highest BCUT2D eigenvalue weighted by Gasteiger charge is 2.37. The van der Waals surface area contributed by atoms with E-state index in [0.29, 0.717) is 32.1 Å². The lowest BCUT2D eigenvalue weighted by molar-refractivity contribution is -0.137. The molecule has 9 heteroatoms. The second kappa shape index (κ2) is 9.77. The number of carbonyl (C=O) groups is 1. The van der Waals surface area contributed by atoms with Crippen LogP contribution in [0.4, 0.5) is 8.78 Å². The summed E-state index contributed by atoms with van der Waals surface area (Å²) in [6.07, 6.45) is 2.61. The third kappa shape index (κ3) is 4.89. The van der Waals surface area contributed by atoms with Crippen LogP contribution in [0.1, 0.15) is 44.2 Å². The molecule has 4 rings (SSSR count). The van der Waals surface area contributed by atoms with E-state index in [9.17, 15) is 22.0 Å². The second-order valence-electron chi connectivity index (χ2n) is 8.45. The Balaban J connectivity index is 1.40. The number of ether oxygens (including phenoxy) is 1. The number of carbonyl (C=O) groups excluding carboxylic acids is 1. The molecule has 2 aromatic carbocycles. The summed E-state index contributed by atoms with van der Waals surface area (Å²) in [4.78, 5) is 14.9. The van der Waals surface area contributed by atoms with Crippen LogP contribution in [-0.2, 0) is 14.8 Å². The van der Waals surface area contributed by atoms with Crippen LogP contribution in [0, 0.1) is 17.6 Å². The van der Waals surface area contributed by atoms with Crippen LogP contribution in [-0.4, -0.2) is 49.8 Å². The van der Waals surface area contributed by atoms with Crippen LogP contribution in [0.15, 0.2) is 47.4 Å². The first kappa shape index (κ1) is 23.6. The van der Waals surface area contributed by atoms with E-state index in [-0.39, 0.29) is 35.9 Å². The maximum Gasteiger partial charge on any atom is 0.243 e. The van der Waals surface area contributed by atoms with Crippen molar-refractivity contribution in [2.24, 2.45) is 5.92 Å². The fraction of sp³-hybridized carbons (Fsp3) is 0.458. The average molecular weight is 479 g/mol. The minimum Gasteiger partial charge on any atom is -0.494 e. The number of hydrogen-bond donors (Lipinski definition) is 0. The van der Waals surface area contributed by atoms with Gasteiger partial charge in [-0.15, -0.1) is 0 Å². The number of benzene rings is 2. The number of amides is 1. The van der Waals surface area contributed by atoms with Crippen molar-refractivity contribution >= 4 is 15.9 Å². The highest BCUT2D eigenvalue weighted by Crippen LogP contribution is 2.36. The zero-order valence-electron chi connectivity index (χ0n) is 18.5. The van der Waals surface area contributed by atoms with Gasteiger partial charge < -0.3 is 9.64 Å². The SMILES string of the molecule is CCOc1ccc(C2CCCN2C(=O)C2CCN(S(=O)(=O)c3ccc(F)c(F)c3)CC2)cc1. The Bertz CT molecular complexity index is 1100. The normalized spacial score (nSPS) is 20.2. The molecule has 1 amide bonds. The van der Waals surface area contributed by atoms with Gasteiger partial charge in [-0.3, -0.25) is 4.79 Å². The van der Waals surface area contributed by atoms with Gasteiger partial charge in [0.05, 0.1) is 17.5 Å². The second-order valence-corrected chi connectivity index (χ2v) is 10.4. The summed E-state index contributed by atoms with van der Waals surface area (Å²) in [6, 6.07) is 10.4. The van der Waals surface area contributed by atoms with Crippen molar-refractivity contribution in [3.63, 3.8) is 0 Å². The van der Waals surface area contributed by atoms with E-state index in [1.807, 2.05) is 36.1 Å². The Hall–Kier alpha value is -2.52.